The summed E-state index contributed by atoms with van der Waals surface area (Å²) in [5.74, 6) is 0. The SMILES string of the molecule is CN(C)c1cc(C2=CCCN2C(=O)OC(C)(C)C)cc2cc(Cl)ncc12. The molecular weight excluding hydrogens is 350 g/mol. The molecule has 0 N–H and O–H groups in total. The van der Waals surface area contributed by atoms with E-state index >= 15 is 0 Å². The summed E-state index contributed by atoms with van der Waals surface area (Å²) in [5, 5.41) is 2.46. The molecule has 0 radical (unpaired) electrons. The highest BCUT2D eigenvalue weighted by Gasteiger charge is 2.28. The number of aromatic nitrogens is 1. The number of hydrogen-bond donors (Lipinski definition) is 0. The van der Waals surface area contributed by atoms with Gasteiger partial charge in [-0.3, -0.25) is 4.90 Å². The monoisotopic (exact) mass is 373 g/mol. The van der Waals surface area contributed by atoms with Gasteiger partial charge < -0.3 is 9.64 Å². The molecule has 138 valence electrons. The number of hydrogen-bond acceptors (Lipinski definition) is 4. The van der Waals surface area contributed by atoms with E-state index in [9.17, 15) is 4.79 Å². The van der Waals surface area contributed by atoms with Crippen LogP contribution in [0.15, 0.2) is 30.5 Å². The zero-order valence-corrected chi connectivity index (χ0v) is 16.6. The molecule has 1 aromatic carbocycles. The van der Waals surface area contributed by atoms with Crippen molar-refractivity contribution in [3.05, 3.63) is 41.2 Å². The maximum Gasteiger partial charge on any atom is 0.414 e. The van der Waals surface area contributed by atoms with Gasteiger partial charge in [0.15, 0.2) is 0 Å². The zero-order chi connectivity index (χ0) is 19.1. The van der Waals surface area contributed by atoms with E-state index in [1.165, 1.54) is 0 Å². The number of rotatable bonds is 2. The van der Waals surface area contributed by atoms with Crippen LogP contribution in [-0.2, 0) is 4.74 Å². The van der Waals surface area contributed by atoms with Crippen LogP contribution >= 0.6 is 11.6 Å². The Balaban J connectivity index is 2.05. The van der Waals surface area contributed by atoms with Crippen LogP contribution in [0.1, 0.15) is 32.8 Å². The van der Waals surface area contributed by atoms with Gasteiger partial charge in [-0.1, -0.05) is 17.7 Å². The van der Waals surface area contributed by atoms with Crippen molar-refractivity contribution in [2.45, 2.75) is 32.8 Å². The minimum Gasteiger partial charge on any atom is -0.443 e. The van der Waals surface area contributed by atoms with Crippen LogP contribution in [0.25, 0.3) is 16.5 Å². The summed E-state index contributed by atoms with van der Waals surface area (Å²) in [6.45, 7) is 6.25. The molecule has 1 aliphatic rings. The van der Waals surface area contributed by atoms with Crippen molar-refractivity contribution in [1.29, 1.82) is 0 Å². The fourth-order valence-electron chi connectivity index (χ4n) is 3.07. The number of pyridine rings is 1. The van der Waals surface area contributed by atoms with Crippen molar-refractivity contribution in [2.75, 3.05) is 25.5 Å². The Kier molecular flexibility index (Phi) is 4.84. The van der Waals surface area contributed by atoms with E-state index in [-0.39, 0.29) is 6.09 Å². The molecular formula is C20H24ClN3O2. The summed E-state index contributed by atoms with van der Waals surface area (Å²) < 4.78 is 5.56. The highest BCUT2D eigenvalue weighted by atomic mass is 35.5. The van der Waals surface area contributed by atoms with Crippen LogP contribution in [0.5, 0.6) is 0 Å². The standard InChI is InChI=1S/C20H24ClN3O2/c1-20(2,3)26-19(25)24-8-6-7-16(24)14-9-13-11-18(21)22-12-15(13)17(10-14)23(4)5/h7,9-12H,6,8H2,1-5H3. The molecule has 26 heavy (non-hydrogen) atoms. The van der Waals surface area contributed by atoms with Crippen molar-refractivity contribution in [3.63, 3.8) is 0 Å². The van der Waals surface area contributed by atoms with Gasteiger partial charge >= 0.3 is 6.09 Å². The maximum absolute atomic E-state index is 12.6. The highest BCUT2D eigenvalue weighted by molar-refractivity contribution is 6.30. The number of amides is 1. The van der Waals surface area contributed by atoms with E-state index < -0.39 is 5.60 Å². The molecule has 2 aromatic rings. The molecule has 0 aliphatic carbocycles. The Morgan fingerprint density at radius 1 is 1.27 bits per heavy atom. The summed E-state index contributed by atoms with van der Waals surface area (Å²) in [6, 6.07) is 5.97. The van der Waals surface area contributed by atoms with E-state index in [2.05, 4.69) is 17.1 Å². The van der Waals surface area contributed by atoms with Gasteiger partial charge in [-0.15, -0.1) is 0 Å². The number of halogens is 1. The summed E-state index contributed by atoms with van der Waals surface area (Å²) in [5.41, 5.74) is 2.34. The van der Waals surface area contributed by atoms with Gasteiger partial charge in [0, 0.05) is 43.5 Å². The number of nitrogens with zero attached hydrogens (tertiary/aromatic N) is 3. The minimum absolute atomic E-state index is 0.319. The van der Waals surface area contributed by atoms with Crippen molar-refractivity contribution in [1.82, 2.24) is 9.88 Å². The first kappa shape index (κ1) is 18.5. The Morgan fingerprint density at radius 2 is 2.00 bits per heavy atom. The largest absolute Gasteiger partial charge is 0.443 e. The molecule has 3 rings (SSSR count). The molecule has 0 atom stereocenters. The second-order valence-corrected chi connectivity index (χ2v) is 8.02. The zero-order valence-electron chi connectivity index (χ0n) is 15.8. The van der Waals surface area contributed by atoms with Crippen molar-refractivity contribution >= 4 is 39.9 Å². The van der Waals surface area contributed by atoms with E-state index in [0.29, 0.717) is 11.7 Å². The Labute approximate surface area is 159 Å². The average Bonchev–Trinajstić information content (AvgIpc) is 3.01. The van der Waals surface area contributed by atoms with E-state index in [1.54, 1.807) is 11.1 Å². The third-order valence-electron chi connectivity index (χ3n) is 4.15. The Morgan fingerprint density at radius 3 is 2.65 bits per heavy atom. The van der Waals surface area contributed by atoms with Crippen LogP contribution in [-0.4, -0.2) is 42.2 Å². The molecule has 2 heterocycles. The Bertz CT molecular complexity index is 884. The van der Waals surface area contributed by atoms with E-state index in [4.69, 9.17) is 16.3 Å². The van der Waals surface area contributed by atoms with Crippen molar-refractivity contribution < 1.29 is 9.53 Å². The summed E-state index contributed by atoms with van der Waals surface area (Å²) in [4.78, 5) is 20.5. The molecule has 1 amide bonds. The van der Waals surface area contributed by atoms with Crippen LogP contribution in [0.2, 0.25) is 5.15 Å². The van der Waals surface area contributed by atoms with Gasteiger partial charge in [-0.05, 0) is 50.8 Å². The molecule has 0 saturated heterocycles. The van der Waals surface area contributed by atoms with Gasteiger partial charge in [0.25, 0.3) is 0 Å². The summed E-state index contributed by atoms with van der Waals surface area (Å²) >= 11 is 6.09. The lowest BCUT2D eigenvalue weighted by atomic mass is 10.0. The van der Waals surface area contributed by atoms with Crippen molar-refractivity contribution in [2.24, 2.45) is 0 Å². The molecule has 0 spiro atoms. The predicted molar refractivity (Wildman–Crippen MR) is 107 cm³/mol. The highest BCUT2D eigenvalue weighted by Crippen LogP contribution is 2.34. The number of carbonyl (C=O) groups excluding carboxylic acids is 1. The maximum atomic E-state index is 12.6. The average molecular weight is 374 g/mol. The van der Waals surface area contributed by atoms with Crippen molar-refractivity contribution in [3.8, 4) is 0 Å². The lowest BCUT2D eigenvalue weighted by molar-refractivity contribution is 0.0365. The fraction of sp³-hybridized carbons (Fsp3) is 0.400. The summed E-state index contributed by atoms with van der Waals surface area (Å²) in [6.07, 6.45) is 4.35. The third-order valence-corrected chi connectivity index (χ3v) is 4.36. The van der Waals surface area contributed by atoms with Gasteiger partial charge in [0.2, 0.25) is 0 Å². The molecule has 1 aromatic heterocycles. The molecule has 0 bridgehead atoms. The number of anilines is 1. The number of fused-ring (bicyclic) bond motifs is 1. The minimum atomic E-state index is -0.526. The number of carbonyl (C=O) groups is 1. The topological polar surface area (TPSA) is 45.7 Å². The smallest absolute Gasteiger partial charge is 0.414 e. The normalized spacial score (nSPS) is 14.5. The van der Waals surface area contributed by atoms with Crippen LogP contribution in [0, 0.1) is 0 Å². The third kappa shape index (κ3) is 3.78. The molecule has 5 nitrogen and oxygen atoms in total. The van der Waals surface area contributed by atoms with Gasteiger partial charge in [-0.25, -0.2) is 9.78 Å². The lowest BCUT2D eigenvalue weighted by Crippen LogP contribution is -2.34. The first-order chi connectivity index (χ1) is 12.2. The molecule has 6 heteroatoms. The molecule has 0 unspecified atom stereocenters. The molecule has 0 saturated carbocycles. The van der Waals surface area contributed by atoms with Gasteiger partial charge in [0.05, 0.1) is 5.70 Å². The van der Waals surface area contributed by atoms with Crippen LogP contribution in [0.3, 0.4) is 0 Å². The lowest BCUT2D eigenvalue weighted by Gasteiger charge is -2.27. The first-order valence-electron chi connectivity index (χ1n) is 8.63. The Hall–Kier alpha value is -2.27. The summed E-state index contributed by atoms with van der Waals surface area (Å²) in [7, 11) is 3.98. The second-order valence-electron chi connectivity index (χ2n) is 7.63. The molecule has 1 aliphatic heterocycles. The van der Waals surface area contributed by atoms with Crippen LogP contribution < -0.4 is 4.90 Å². The second kappa shape index (κ2) is 6.80. The van der Waals surface area contributed by atoms with E-state index in [1.807, 2.05) is 51.9 Å². The number of ether oxygens (including phenoxy) is 1. The quantitative estimate of drug-likeness (QED) is 0.700. The van der Waals surface area contributed by atoms with Gasteiger partial charge in [-0.2, -0.15) is 0 Å². The van der Waals surface area contributed by atoms with Gasteiger partial charge in [0.1, 0.15) is 10.8 Å². The fourth-order valence-corrected chi connectivity index (χ4v) is 3.24. The molecule has 0 fully saturated rings. The van der Waals surface area contributed by atoms with Crippen LogP contribution in [0.4, 0.5) is 10.5 Å². The first-order valence-corrected chi connectivity index (χ1v) is 9.01. The predicted octanol–water partition coefficient (Wildman–Crippen LogP) is 4.94. The number of benzene rings is 1. The van der Waals surface area contributed by atoms with E-state index in [0.717, 1.165) is 34.1 Å².